The summed E-state index contributed by atoms with van der Waals surface area (Å²) in [5.41, 5.74) is 1.73. The minimum atomic E-state index is -0.114. The number of carbonyl (C=O) groups is 1. The van der Waals surface area contributed by atoms with Gasteiger partial charge < -0.3 is 20.1 Å². The van der Waals surface area contributed by atoms with Crippen LogP contribution in [0.1, 0.15) is 37.7 Å². The van der Waals surface area contributed by atoms with Crippen molar-refractivity contribution >= 4 is 36.4 Å². The Hall–Kier alpha value is -2.02. The molecule has 2 aliphatic rings. The van der Waals surface area contributed by atoms with Crippen LogP contribution in [0, 0.1) is 5.92 Å². The number of aromatic nitrogens is 1. The molecule has 1 saturated carbocycles. The van der Waals surface area contributed by atoms with E-state index < -0.39 is 0 Å². The van der Waals surface area contributed by atoms with Gasteiger partial charge in [-0.2, -0.15) is 0 Å². The second-order valence-electron chi connectivity index (χ2n) is 7.61. The predicted molar refractivity (Wildman–Crippen MR) is 122 cm³/mol. The first-order valence-corrected chi connectivity index (χ1v) is 9.99. The second-order valence-corrected chi connectivity index (χ2v) is 7.61. The SMILES string of the molecule is COc1ccc(NC(=O)C2CC3CCCCC3N2)cc1OCc1ccncc1.Cl.Cl. The Balaban J connectivity index is 0.00000160. The molecular weight excluding hydrogens is 425 g/mol. The smallest absolute Gasteiger partial charge is 0.241 e. The highest BCUT2D eigenvalue weighted by Gasteiger charge is 2.38. The van der Waals surface area contributed by atoms with Gasteiger partial charge in [-0.1, -0.05) is 12.8 Å². The van der Waals surface area contributed by atoms with Gasteiger partial charge in [0.25, 0.3) is 0 Å². The Bertz CT molecular complexity index is 809. The van der Waals surface area contributed by atoms with E-state index in [9.17, 15) is 4.79 Å². The maximum Gasteiger partial charge on any atom is 0.241 e. The lowest BCUT2D eigenvalue weighted by Gasteiger charge is -2.24. The minimum absolute atomic E-state index is 0. The Kier molecular flexibility index (Phi) is 9.21. The van der Waals surface area contributed by atoms with Crippen LogP contribution in [0.3, 0.4) is 0 Å². The molecule has 0 spiro atoms. The fourth-order valence-electron chi connectivity index (χ4n) is 4.26. The highest BCUT2D eigenvalue weighted by Crippen LogP contribution is 2.34. The second kappa shape index (κ2) is 11.4. The number of methoxy groups -OCH3 is 1. The van der Waals surface area contributed by atoms with Crippen molar-refractivity contribution in [2.75, 3.05) is 12.4 Å². The predicted octanol–water partition coefficient (Wildman–Crippen LogP) is 4.37. The van der Waals surface area contributed by atoms with E-state index in [4.69, 9.17) is 9.47 Å². The molecule has 1 amide bonds. The van der Waals surface area contributed by atoms with Crippen molar-refractivity contribution < 1.29 is 14.3 Å². The van der Waals surface area contributed by atoms with Crippen LogP contribution in [0.15, 0.2) is 42.7 Å². The van der Waals surface area contributed by atoms with E-state index in [-0.39, 0.29) is 36.8 Å². The first kappa shape index (κ1) is 24.3. The molecule has 1 saturated heterocycles. The summed E-state index contributed by atoms with van der Waals surface area (Å²) in [6.45, 7) is 0.407. The normalized spacial score (nSPS) is 22.1. The number of nitrogens with zero attached hydrogens (tertiary/aromatic N) is 1. The summed E-state index contributed by atoms with van der Waals surface area (Å²) in [4.78, 5) is 16.8. The summed E-state index contributed by atoms with van der Waals surface area (Å²) in [7, 11) is 1.61. The maximum absolute atomic E-state index is 12.8. The van der Waals surface area contributed by atoms with Gasteiger partial charge in [0.15, 0.2) is 11.5 Å². The first-order chi connectivity index (χ1) is 13.7. The Morgan fingerprint density at radius 1 is 1.13 bits per heavy atom. The molecule has 3 unspecified atom stereocenters. The Labute approximate surface area is 190 Å². The van der Waals surface area contributed by atoms with Crippen molar-refractivity contribution in [3.63, 3.8) is 0 Å². The van der Waals surface area contributed by atoms with Gasteiger partial charge in [-0.05, 0) is 55.0 Å². The van der Waals surface area contributed by atoms with Crippen LogP contribution in [0.25, 0.3) is 0 Å². The van der Waals surface area contributed by atoms with Gasteiger partial charge in [0.05, 0.1) is 13.2 Å². The molecule has 1 aromatic carbocycles. The Morgan fingerprint density at radius 3 is 2.63 bits per heavy atom. The van der Waals surface area contributed by atoms with Gasteiger partial charge in [-0.15, -0.1) is 24.8 Å². The molecule has 2 fully saturated rings. The standard InChI is InChI=1S/C22H27N3O3.2ClH/c1-27-20-7-6-17(13-21(20)28-14-15-8-10-23-11-9-15)24-22(26)19-12-16-4-2-3-5-18(16)25-19;;/h6-11,13,16,18-19,25H,2-5,12,14H2,1H3,(H,24,26);2*1H. The van der Waals surface area contributed by atoms with Crippen molar-refractivity contribution in [3.05, 3.63) is 48.3 Å². The van der Waals surface area contributed by atoms with Crippen molar-refractivity contribution in [2.24, 2.45) is 5.92 Å². The largest absolute Gasteiger partial charge is 0.493 e. The van der Waals surface area contributed by atoms with E-state index in [0.717, 1.165) is 12.0 Å². The van der Waals surface area contributed by atoms with Crippen LogP contribution < -0.4 is 20.1 Å². The van der Waals surface area contributed by atoms with E-state index in [1.54, 1.807) is 19.5 Å². The summed E-state index contributed by atoms with van der Waals surface area (Å²) in [6.07, 6.45) is 9.36. The maximum atomic E-state index is 12.8. The van der Waals surface area contributed by atoms with E-state index in [1.165, 1.54) is 25.7 Å². The molecule has 1 aliphatic carbocycles. The molecular formula is C22H29Cl2N3O3. The molecule has 8 heteroatoms. The van der Waals surface area contributed by atoms with Gasteiger partial charge in [-0.3, -0.25) is 9.78 Å². The molecule has 3 atom stereocenters. The molecule has 2 aromatic rings. The minimum Gasteiger partial charge on any atom is -0.493 e. The highest BCUT2D eigenvalue weighted by atomic mass is 35.5. The fraction of sp³-hybridized carbons (Fsp3) is 0.455. The van der Waals surface area contributed by atoms with Crippen LogP contribution in [-0.2, 0) is 11.4 Å². The molecule has 30 heavy (non-hydrogen) atoms. The average Bonchev–Trinajstić information content (AvgIpc) is 3.18. The fourth-order valence-corrected chi connectivity index (χ4v) is 4.26. The summed E-state index contributed by atoms with van der Waals surface area (Å²) >= 11 is 0. The number of benzene rings is 1. The molecule has 6 nitrogen and oxygen atoms in total. The van der Waals surface area contributed by atoms with Gasteiger partial charge in [-0.25, -0.2) is 0 Å². The number of fused-ring (bicyclic) bond motifs is 1. The highest BCUT2D eigenvalue weighted by molar-refractivity contribution is 5.95. The molecule has 4 rings (SSSR count). The van der Waals surface area contributed by atoms with Crippen molar-refractivity contribution in [1.29, 1.82) is 0 Å². The van der Waals surface area contributed by atoms with Crippen LogP contribution in [-0.4, -0.2) is 30.1 Å². The van der Waals surface area contributed by atoms with E-state index in [1.807, 2.05) is 30.3 Å². The number of rotatable bonds is 6. The number of hydrogen-bond acceptors (Lipinski definition) is 5. The number of carbonyl (C=O) groups excluding carboxylic acids is 1. The monoisotopic (exact) mass is 453 g/mol. The number of ether oxygens (including phenoxy) is 2. The molecule has 1 aromatic heterocycles. The van der Waals surface area contributed by atoms with Gasteiger partial charge in [0.2, 0.25) is 5.91 Å². The van der Waals surface area contributed by atoms with Gasteiger partial charge >= 0.3 is 0 Å². The molecule has 2 heterocycles. The average molecular weight is 454 g/mol. The van der Waals surface area contributed by atoms with Crippen LogP contribution in [0.2, 0.25) is 0 Å². The lowest BCUT2D eigenvalue weighted by atomic mass is 9.85. The zero-order valence-corrected chi connectivity index (χ0v) is 18.6. The van der Waals surface area contributed by atoms with Gasteiger partial charge in [0.1, 0.15) is 6.61 Å². The third kappa shape index (κ3) is 5.78. The van der Waals surface area contributed by atoms with E-state index in [2.05, 4.69) is 15.6 Å². The number of nitrogens with one attached hydrogen (secondary N) is 2. The van der Waals surface area contributed by atoms with Crippen LogP contribution in [0.4, 0.5) is 5.69 Å². The number of pyridine rings is 1. The van der Waals surface area contributed by atoms with E-state index >= 15 is 0 Å². The summed E-state index contributed by atoms with van der Waals surface area (Å²) in [6, 6.07) is 9.68. The quantitative estimate of drug-likeness (QED) is 0.678. The van der Waals surface area contributed by atoms with Crippen LogP contribution in [0.5, 0.6) is 11.5 Å². The molecule has 164 valence electrons. The topological polar surface area (TPSA) is 72.5 Å². The van der Waals surface area contributed by atoms with Crippen molar-refractivity contribution in [1.82, 2.24) is 10.3 Å². The van der Waals surface area contributed by atoms with Crippen LogP contribution >= 0.6 is 24.8 Å². The molecule has 1 aliphatic heterocycles. The zero-order valence-electron chi connectivity index (χ0n) is 17.0. The number of halogens is 2. The summed E-state index contributed by atoms with van der Waals surface area (Å²) in [5, 5.41) is 6.56. The summed E-state index contributed by atoms with van der Waals surface area (Å²) < 4.78 is 11.3. The Morgan fingerprint density at radius 2 is 1.90 bits per heavy atom. The molecule has 2 N–H and O–H groups in total. The zero-order chi connectivity index (χ0) is 19.3. The van der Waals surface area contributed by atoms with Crippen molar-refractivity contribution in [2.45, 2.75) is 50.8 Å². The number of amides is 1. The number of anilines is 1. The number of hydrogen-bond donors (Lipinski definition) is 2. The van der Waals surface area contributed by atoms with Crippen molar-refractivity contribution in [3.8, 4) is 11.5 Å². The molecule has 0 bridgehead atoms. The first-order valence-electron chi connectivity index (χ1n) is 9.99. The third-order valence-corrected chi connectivity index (χ3v) is 5.75. The lowest BCUT2D eigenvalue weighted by molar-refractivity contribution is -0.117. The van der Waals surface area contributed by atoms with E-state index in [0.29, 0.717) is 35.8 Å². The van der Waals surface area contributed by atoms with Gasteiger partial charge in [0, 0.05) is 30.2 Å². The summed E-state index contributed by atoms with van der Waals surface area (Å²) in [5.74, 6) is 1.90. The molecule has 0 radical (unpaired) electrons. The lowest BCUT2D eigenvalue weighted by Crippen LogP contribution is -2.39. The third-order valence-electron chi connectivity index (χ3n) is 5.75.